The molecule has 21 heavy (non-hydrogen) atoms. The first-order chi connectivity index (χ1) is 9.42. The van der Waals surface area contributed by atoms with Gasteiger partial charge in [-0.05, 0) is 39.0 Å². The Morgan fingerprint density at radius 3 is 2.24 bits per heavy atom. The van der Waals surface area contributed by atoms with Crippen molar-refractivity contribution in [3.63, 3.8) is 0 Å². The van der Waals surface area contributed by atoms with Gasteiger partial charge in [0.05, 0.1) is 0 Å². The number of carboxylic acids is 1. The van der Waals surface area contributed by atoms with Gasteiger partial charge >= 0.3 is 11.9 Å². The second-order valence-corrected chi connectivity index (χ2v) is 7.27. The highest BCUT2D eigenvalue weighted by molar-refractivity contribution is 5.87. The van der Waals surface area contributed by atoms with E-state index in [4.69, 9.17) is 9.84 Å². The monoisotopic (exact) mass is 299 g/mol. The van der Waals surface area contributed by atoms with Gasteiger partial charge < -0.3 is 15.2 Å². The van der Waals surface area contributed by atoms with Crippen LogP contribution >= 0.6 is 0 Å². The maximum atomic E-state index is 11.9. The summed E-state index contributed by atoms with van der Waals surface area (Å²) < 4.78 is 5.12. The van der Waals surface area contributed by atoms with Gasteiger partial charge in [-0.3, -0.25) is 9.59 Å². The minimum atomic E-state index is -1.13. The van der Waals surface area contributed by atoms with Crippen molar-refractivity contribution in [2.75, 3.05) is 0 Å². The molecule has 2 N–H and O–H groups in total. The summed E-state index contributed by atoms with van der Waals surface area (Å²) in [7, 11) is 0. The number of carbonyl (C=O) groups is 3. The average molecular weight is 299 g/mol. The highest BCUT2D eigenvalue weighted by atomic mass is 16.6. The van der Waals surface area contributed by atoms with Gasteiger partial charge in [-0.25, -0.2) is 4.79 Å². The SMILES string of the molecule is CC(C)(C)OC(=O)CC[C@@H](NC(=O)C1CC1(C)C)C(=O)O. The Bertz CT molecular complexity index is 436. The van der Waals surface area contributed by atoms with Gasteiger partial charge in [0.2, 0.25) is 5.91 Å². The Balaban J connectivity index is 2.46. The zero-order valence-electron chi connectivity index (χ0n) is 13.4. The van der Waals surface area contributed by atoms with Crippen molar-refractivity contribution in [2.45, 2.75) is 65.5 Å². The largest absolute Gasteiger partial charge is 0.480 e. The molecule has 0 heterocycles. The molecule has 120 valence electrons. The maximum Gasteiger partial charge on any atom is 0.326 e. The fourth-order valence-corrected chi connectivity index (χ4v) is 2.10. The number of carboxylic acid groups (broad SMARTS) is 1. The molecule has 1 aliphatic carbocycles. The lowest BCUT2D eigenvalue weighted by Crippen LogP contribution is -2.42. The quantitative estimate of drug-likeness (QED) is 0.729. The van der Waals surface area contributed by atoms with Crippen LogP contribution in [0.4, 0.5) is 0 Å². The highest BCUT2D eigenvalue weighted by Crippen LogP contribution is 2.51. The third-order valence-corrected chi connectivity index (χ3v) is 3.50. The number of hydrogen-bond acceptors (Lipinski definition) is 4. The van der Waals surface area contributed by atoms with Crippen molar-refractivity contribution in [1.82, 2.24) is 5.32 Å². The van der Waals surface area contributed by atoms with E-state index >= 15 is 0 Å². The molecule has 0 bridgehead atoms. The molecule has 2 atom stereocenters. The summed E-state index contributed by atoms with van der Waals surface area (Å²) in [4.78, 5) is 34.7. The zero-order valence-corrected chi connectivity index (χ0v) is 13.4. The van der Waals surface area contributed by atoms with Crippen molar-refractivity contribution in [1.29, 1.82) is 0 Å². The van der Waals surface area contributed by atoms with Crippen molar-refractivity contribution in [3.05, 3.63) is 0 Å². The fourth-order valence-electron chi connectivity index (χ4n) is 2.10. The number of carbonyl (C=O) groups excluding carboxylic acids is 2. The van der Waals surface area contributed by atoms with E-state index in [0.29, 0.717) is 0 Å². The molecule has 0 saturated heterocycles. The topological polar surface area (TPSA) is 92.7 Å². The van der Waals surface area contributed by atoms with Crippen LogP contribution in [-0.4, -0.2) is 34.6 Å². The molecule has 0 radical (unpaired) electrons. The molecule has 1 unspecified atom stereocenters. The van der Waals surface area contributed by atoms with E-state index < -0.39 is 23.6 Å². The lowest BCUT2D eigenvalue weighted by atomic mass is 10.1. The first-order valence-electron chi connectivity index (χ1n) is 7.17. The van der Waals surface area contributed by atoms with Gasteiger partial charge in [-0.2, -0.15) is 0 Å². The summed E-state index contributed by atoms with van der Waals surface area (Å²) in [5.74, 6) is -1.99. The Kier molecular flexibility index (Phi) is 5.02. The number of ether oxygens (including phenoxy) is 1. The van der Waals surface area contributed by atoms with E-state index in [9.17, 15) is 14.4 Å². The van der Waals surface area contributed by atoms with Crippen LogP contribution < -0.4 is 5.32 Å². The lowest BCUT2D eigenvalue weighted by Gasteiger charge is -2.20. The second kappa shape index (κ2) is 6.03. The van der Waals surface area contributed by atoms with Crippen LogP contribution in [0.25, 0.3) is 0 Å². The second-order valence-electron chi connectivity index (χ2n) is 7.27. The third kappa shape index (κ3) is 5.73. The molecule has 1 amide bonds. The van der Waals surface area contributed by atoms with Crippen LogP contribution in [-0.2, 0) is 19.1 Å². The van der Waals surface area contributed by atoms with Crippen LogP contribution in [0.3, 0.4) is 0 Å². The standard InChI is InChI=1S/C15H25NO5/c1-14(2,3)21-11(17)7-6-10(13(19)20)16-12(18)9-8-15(9,4)5/h9-10H,6-8H2,1-5H3,(H,16,18)(H,19,20)/t9?,10-/m1/s1. The average Bonchev–Trinajstić information content (AvgIpc) is 2.90. The summed E-state index contributed by atoms with van der Waals surface area (Å²) in [6, 6.07) is -1.05. The molecule has 0 aliphatic heterocycles. The van der Waals surface area contributed by atoms with E-state index in [-0.39, 0.29) is 30.1 Å². The van der Waals surface area contributed by atoms with E-state index in [2.05, 4.69) is 5.32 Å². The van der Waals surface area contributed by atoms with Gasteiger partial charge in [0, 0.05) is 12.3 Å². The summed E-state index contributed by atoms with van der Waals surface area (Å²) in [5, 5.41) is 11.6. The number of esters is 1. The minimum absolute atomic E-state index is 0.0309. The third-order valence-electron chi connectivity index (χ3n) is 3.50. The fraction of sp³-hybridized carbons (Fsp3) is 0.800. The first kappa shape index (κ1) is 17.5. The zero-order chi connectivity index (χ0) is 16.4. The highest BCUT2D eigenvalue weighted by Gasteiger charge is 2.51. The summed E-state index contributed by atoms with van der Waals surface area (Å²) in [6.07, 6.45) is 0.753. The molecule has 0 aromatic carbocycles. The number of rotatable bonds is 6. The molecular weight excluding hydrogens is 274 g/mol. The van der Waals surface area contributed by atoms with Crippen molar-refractivity contribution < 1.29 is 24.2 Å². The lowest BCUT2D eigenvalue weighted by molar-refractivity contribution is -0.155. The number of hydrogen-bond donors (Lipinski definition) is 2. The van der Waals surface area contributed by atoms with Crippen molar-refractivity contribution in [2.24, 2.45) is 11.3 Å². The Hall–Kier alpha value is -1.59. The van der Waals surface area contributed by atoms with Gasteiger partial charge in [0.25, 0.3) is 0 Å². The number of nitrogens with one attached hydrogen (secondary N) is 1. The number of aliphatic carboxylic acids is 1. The van der Waals surface area contributed by atoms with Gasteiger partial charge in [-0.15, -0.1) is 0 Å². The van der Waals surface area contributed by atoms with E-state index in [0.717, 1.165) is 6.42 Å². The van der Waals surface area contributed by atoms with Crippen molar-refractivity contribution >= 4 is 17.8 Å². The van der Waals surface area contributed by atoms with E-state index in [1.807, 2.05) is 13.8 Å². The Labute approximate surface area is 125 Å². The van der Waals surface area contributed by atoms with Crippen LogP contribution in [0.2, 0.25) is 0 Å². The number of amides is 1. The summed E-state index contributed by atoms with van der Waals surface area (Å²) in [6.45, 7) is 9.17. The minimum Gasteiger partial charge on any atom is -0.480 e. The van der Waals surface area contributed by atoms with Crippen LogP contribution in [0.15, 0.2) is 0 Å². The van der Waals surface area contributed by atoms with Gasteiger partial charge in [0.1, 0.15) is 11.6 Å². The molecule has 1 saturated carbocycles. The Morgan fingerprint density at radius 2 is 1.86 bits per heavy atom. The van der Waals surface area contributed by atoms with Crippen LogP contribution in [0.1, 0.15) is 53.9 Å². The van der Waals surface area contributed by atoms with Crippen LogP contribution in [0, 0.1) is 11.3 Å². The predicted molar refractivity (Wildman–Crippen MR) is 76.5 cm³/mol. The molecule has 6 nitrogen and oxygen atoms in total. The van der Waals surface area contributed by atoms with E-state index in [1.54, 1.807) is 20.8 Å². The molecule has 1 rings (SSSR count). The van der Waals surface area contributed by atoms with Crippen molar-refractivity contribution in [3.8, 4) is 0 Å². The van der Waals surface area contributed by atoms with E-state index in [1.165, 1.54) is 0 Å². The molecule has 6 heteroatoms. The molecule has 1 aliphatic rings. The van der Waals surface area contributed by atoms with Gasteiger partial charge in [0.15, 0.2) is 0 Å². The van der Waals surface area contributed by atoms with Gasteiger partial charge in [-0.1, -0.05) is 13.8 Å². The Morgan fingerprint density at radius 1 is 1.33 bits per heavy atom. The maximum absolute atomic E-state index is 11.9. The predicted octanol–water partition coefficient (Wildman–Crippen LogP) is 1.72. The molecular formula is C15H25NO5. The first-order valence-corrected chi connectivity index (χ1v) is 7.17. The smallest absolute Gasteiger partial charge is 0.326 e. The molecule has 0 spiro atoms. The summed E-state index contributed by atoms with van der Waals surface area (Å²) in [5.41, 5.74) is -0.657. The summed E-state index contributed by atoms with van der Waals surface area (Å²) >= 11 is 0. The molecule has 0 aromatic rings. The van der Waals surface area contributed by atoms with Crippen LogP contribution in [0.5, 0.6) is 0 Å². The molecule has 0 aromatic heterocycles. The molecule has 1 fully saturated rings. The normalized spacial score (nSPS) is 21.3.